The van der Waals surface area contributed by atoms with E-state index in [0.29, 0.717) is 18.1 Å². The summed E-state index contributed by atoms with van der Waals surface area (Å²) in [7, 11) is 4.73. The number of piperidine rings is 1. The lowest BCUT2D eigenvalue weighted by Crippen LogP contribution is -2.53. The number of aliphatic hydroxyl groups excluding tert-OH is 1. The monoisotopic (exact) mass is 414 g/mol. The van der Waals surface area contributed by atoms with Crippen molar-refractivity contribution in [3.05, 3.63) is 23.4 Å². The fourth-order valence-corrected chi connectivity index (χ4v) is 6.18. The van der Waals surface area contributed by atoms with Crippen LogP contribution >= 0.6 is 0 Å². The van der Waals surface area contributed by atoms with Gasteiger partial charge in [0.05, 0.1) is 39.4 Å². The number of ether oxygens (including phenoxy) is 3. The number of aliphatic hydroxyl groups is 1. The van der Waals surface area contributed by atoms with Gasteiger partial charge in [-0.05, 0) is 49.1 Å². The lowest BCUT2D eigenvalue weighted by molar-refractivity contribution is -0.160. The molecular weight excluding hydrogens is 384 g/mol. The molecule has 2 aliphatic heterocycles. The number of fused-ring (bicyclic) bond motifs is 6. The van der Waals surface area contributed by atoms with Gasteiger partial charge in [-0.15, -0.1) is 0 Å². The van der Waals surface area contributed by atoms with E-state index in [9.17, 15) is 9.90 Å². The van der Waals surface area contributed by atoms with Gasteiger partial charge in [-0.25, -0.2) is 0 Å². The standard InChI is InChI=1S/C23H30N2O5/c1-28-19-9-15-13-6-7-25-11-12-4-5-18(26)21(23(27)30-3)14(12)8-17(25)22(13)24-16(15)10-20(19)29-2/h9-10,12,14,17-18,21,24,26H,4-8,11H2,1-3H3/t12-,14+,17+,18-,21+/m1/s1. The molecule has 2 N–H and O–H groups in total. The first-order chi connectivity index (χ1) is 14.5. The highest BCUT2D eigenvalue weighted by Gasteiger charge is 2.49. The quantitative estimate of drug-likeness (QED) is 0.752. The first-order valence-corrected chi connectivity index (χ1v) is 10.8. The average Bonchev–Trinajstić information content (AvgIpc) is 3.14. The second-order valence-electron chi connectivity index (χ2n) is 8.88. The summed E-state index contributed by atoms with van der Waals surface area (Å²) in [6, 6.07) is 4.29. The lowest BCUT2D eigenvalue weighted by Gasteiger charge is -2.50. The average molecular weight is 415 g/mol. The van der Waals surface area contributed by atoms with Crippen LogP contribution in [0.2, 0.25) is 0 Å². The Morgan fingerprint density at radius 3 is 2.67 bits per heavy atom. The molecule has 2 fully saturated rings. The number of benzene rings is 1. The Bertz CT molecular complexity index is 970. The Labute approximate surface area is 176 Å². The maximum atomic E-state index is 12.5. The van der Waals surface area contributed by atoms with Gasteiger partial charge in [0.1, 0.15) is 0 Å². The highest BCUT2D eigenvalue weighted by Crippen LogP contribution is 2.50. The molecule has 0 amide bonds. The molecule has 2 aromatic rings. The summed E-state index contributed by atoms with van der Waals surface area (Å²) >= 11 is 0. The summed E-state index contributed by atoms with van der Waals surface area (Å²) < 4.78 is 16.1. The molecule has 1 saturated heterocycles. The number of nitrogens with one attached hydrogen (secondary N) is 1. The predicted molar refractivity (Wildman–Crippen MR) is 112 cm³/mol. The normalized spacial score (nSPS) is 30.9. The van der Waals surface area contributed by atoms with Crippen LogP contribution in [0.25, 0.3) is 10.9 Å². The van der Waals surface area contributed by atoms with Crippen molar-refractivity contribution >= 4 is 16.9 Å². The molecule has 1 aromatic heterocycles. The Morgan fingerprint density at radius 1 is 1.17 bits per heavy atom. The van der Waals surface area contributed by atoms with Gasteiger partial charge in [-0.1, -0.05) is 0 Å². The number of nitrogens with zero attached hydrogens (tertiary/aromatic N) is 1. The maximum absolute atomic E-state index is 12.5. The third-order valence-electron chi connectivity index (χ3n) is 7.62. The van der Waals surface area contributed by atoms with Crippen LogP contribution in [0.15, 0.2) is 12.1 Å². The number of carbonyl (C=O) groups is 1. The van der Waals surface area contributed by atoms with Crippen molar-refractivity contribution in [1.82, 2.24) is 9.88 Å². The van der Waals surface area contributed by atoms with Crippen LogP contribution in [-0.4, -0.2) is 61.5 Å². The number of hydrogen-bond donors (Lipinski definition) is 2. The summed E-state index contributed by atoms with van der Waals surface area (Å²) in [4.78, 5) is 18.7. The van der Waals surface area contributed by atoms with Gasteiger partial charge in [0.25, 0.3) is 0 Å². The van der Waals surface area contributed by atoms with Gasteiger partial charge >= 0.3 is 5.97 Å². The third-order valence-corrected chi connectivity index (χ3v) is 7.62. The molecule has 0 radical (unpaired) electrons. The molecule has 162 valence electrons. The predicted octanol–water partition coefficient (Wildman–Crippen LogP) is 2.66. The van der Waals surface area contributed by atoms with Crippen molar-refractivity contribution < 1.29 is 24.1 Å². The van der Waals surface area contributed by atoms with Gasteiger partial charge in [0, 0.05) is 35.8 Å². The molecular formula is C23H30N2O5. The fourth-order valence-electron chi connectivity index (χ4n) is 6.18. The highest BCUT2D eigenvalue weighted by atomic mass is 16.5. The van der Waals surface area contributed by atoms with E-state index < -0.39 is 12.0 Å². The summed E-state index contributed by atoms with van der Waals surface area (Å²) in [5, 5.41) is 11.8. The molecule has 1 aliphatic carbocycles. The zero-order valence-electron chi connectivity index (χ0n) is 17.8. The molecule has 30 heavy (non-hydrogen) atoms. The van der Waals surface area contributed by atoms with Crippen molar-refractivity contribution in [2.24, 2.45) is 17.8 Å². The number of aromatic nitrogens is 1. The number of hydrogen-bond acceptors (Lipinski definition) is 6. The van der Waals surface area contributed by atoms with E-state index in [-0.39, 0.29) is 17.9 Å². The SMILES string of the molecule is COC(=O)[C@H]1[C@H]2C[C@H]3c4[nH]c5cc(OC)c(OC)cc5c4CCN3C[C@H]2CC[C@H]1O. The fraction of sp³-hybridized carbons (Fsp3) is 0.609. The van der Waals surface area contributed by atoms with Crippen LogP contribution in [0.3, 0.4) is 0 Å². The minimum atomic E-state index is -0.607. The van der Waals surface area contributed by atoms with Gasteiger partial charge in [-0.2, -0.15) is 0 Å². The van der Waals surface area contributed by atoms with E-state index in [4.69, 9.17) is 14.2 Å². The van der Waals surface area contributed by atoms with Crippen molar-refractivity contribution in [2.75, 3.05) is 34.4 Å². The van der Waals surface area contributed by atoms with Crippen molar-refractivity contribution in [2.45, 2.75) is 37.8 Å². The van der Waals surface area contributed by atoms with Gasteiger partial charge < -0.3 is 24.3 Å². The summed E-state index contributed by atoms with van der Waals surface area (Å²) in [6.07, 6.45) is 2.88. The number of methoxy groups -OCH3 is 3. The van der Waals surface area contributed by atoms with Crippen LogP contribution in [-0.2, 0) is 16.0 Å². The second kappa shape index (κ2) is 7.46. The van der Waals surface area contributed by atoms with E-state index in [1.165, 1.54) is 23.8 Å². The smallest absolute Gasteiger partial charge is 0.311 e. The summed E-state index contributed by atoms with van der Waals surface area (Å²) in [5.41, 5.74) is 3.61. The first-order valence-electron chi connectivity index (χ1n) is 10.8. The zero-order chi connectivity index (χ0) is 21.0. The number of carbonyl (C=O) groups excluding carboxylic acids is 1. The van der Waals surface area contributed by atoms with Crippen LogP contribution in [0.1, 0.15) is 36.6 Å². The van der Waals surface area contributed by atoms with Crippen molar-refractivity contribution in [3.63, 3.8) is 0 Å². The van der Waals surface area contributed by atoms with Crippen LogP contribution in [0.5, 0.6) is 11.5 Å². The Morgan fingerprint density at radius 2 is 1.93 bits per heavy atom. The van der Waals surface area contributed by atoms with Crippen LogP contribution in [0.4, 0.5) is 0 Å². The minimum Gasteiger partial charge on any atom is -0.493 e. The maximum Gasteiger partial charge on any atom is 0.311 e. The van der Waals surface area contributed by atoms with Gasteiger partial charge in [0.2, 0.25) is 0 Å². The summed E-state index contributed by atoms with van der Waals surface area (Å²) in [6.45, 7) is 1.98. The molecule has 1 aromatic carbocycles. The van der Waals surface area contributed by atoms with Gasteiger partial charge in [0.15, 0.2) is 11.5 Å². The van der Waals surface area contributed by atoms with E-state index >= 15 is 0 Å². The van der Waals surface area contributed by atoms with Crippen molar-refractivity contribution in [3.8, 4) is 11.5 Å². The lowest BCUT2D eigenvalue weighted by atomic mass is 9.65. The van der Waals surface area contributed by atoms with E-state index in [2.05, 4.69) is 16.0 Å². The van der Waals surface area contributed by atoms with Crippen LogP contribution < -0.4 is 9.47 Å². The number of H-pyrrole nitrogens is 1. The molecule has 7 nitrogen and oxygen atoms in total. The Balaban J connectivity index is 1.54. The first kappa shape index (κ1) is 19.7. The second-order valence-corrected chi connectivity index (χ2v) is 8.88. The molecule has 0 bridgehead atoms. The molecule has 3 aliphatic rings. The topological polar surface area (TPSA) is 84.0 Å². The zero-order valence-corrected chi connectivity index (χ0v) is 17.8. The highest BCUT2D eigenvalue weighted by molar-refractivity contribution is 5.88. The molecule has 3 heterocycles. The van der Waals surface area contributed by atoms with Crippen LogP contribution in [0, 0.1) is 17.8 Å². The van der Waals surface area contributed by atoms with Gasteiger partial charge in [-0.3, -0.25) is 9.69 Å². The molecule has 1 saturated carbocycles. The Hall–Kier alpha value is -2.25. The van der Waals surface area contributed by atoms with E-state index in [0.717, 1.165) is 43.6 Å². The number of esters is 1. The van der Waals surface area contributed by atoms with E-state index in [1.807, 2.05) is 6.07 Å². The molecule has 5 rings (SSSR count). The summed E-state index contributed by atoms with van der Waals surface area (Å²) in [5.74, 6) is 1.33. The molecule has 5 atom stereocenters. The molecule has 7 heteroatoms. The number of aromatic amines is 1. The molecule has 0 spiro atoms. The third kappa shape index (κ3) is 2.90. The van der Waals surface area contributed by atoms with Crippen molar-refractivity contribution in [1.29, 1.82) is 0 Å². The Kier molecular flexibility index (Phi) is 4.90. The largest absolute Gasteiger partial charge is 0.493 e. The van der Waals surface area contributed by atoms with E-state index in [1.54, 1.807) is 14.2 Å². The molecule has 0 unspecified atom stereocenters. The number of rotatable bonds is 3. The minimum absolute atomic E-state index is 0.142.